The lowest BCUT2D eigenvalue weighted by Crippen LogP contribution is -2.32. The Labute approximate surface area is 120 Å². The van der Waals surface area contributed by atoms with Crippen LogP contribution in [-0.4, -0.2) is 35.2 Å². The average Bonchev–Trinajstić information content (AvgIpc) is 2.94. The van der Waals surface area contributed by atoms with E-state index in [4.69, 9.17) is 16.3 Å². The van der Waals surface area contributed by atoms with E-state index < -0.39 is 0 Å². The molecule has 0 fully saturated rings. The molecule has 0 aliphatic rings. The zero-order chi connectivity index (χ0) is 14.5. The molecule has 106 valence electrons. The molecule has 1 aromatic heterocycles. The fourth-order valence-electron chi connectivity index (χ4n) is 1.55. The number of ether oxygens (including phenoxy) is 1. The molecule has 8 heteroatoms. The Balaban J connectivity index is 2.18. The van der Waals surface area contributed by atoms with Gasteiger partial charge < -0.3 is 15.4 Å². The highest BCUT2D eigenvalue weighted by Gasteiger charge is 2.08. The standard InChI is InChI=1S/C12H14ClN5O2/c1-14-12(19)15-6-8-7-18(17-16-8)11-5-9(20-2)3-4-10(11)13/h3-5,7H,6H2,1-2H3,(H2,14,15,19). The van der Waals surface area contributed by atoms with E-state index in [9.17, 15) is 4.79 Å². The number of hydrogen-bond donors (Lipinski definition) is 2. The first kappa shape index (κ1) is 14.1. The quantitative estimate of drug-likeness (QED) is 0.892. The molecule has 0 bridgehead atoms. The maximum atomic E-state index is 11.1. The highest BCUT2D eigenvalue weighted by Crippen LogP contribution is 2.24. The van der Waals surface area contributed by atoms with Crippen molar-refractivity contribution in [2.75, 3.05) is 14.2 Å². The van der Waals surface area contributed by atoms with Crippen molar-refractivity contribution in [3.8, 4) is 11.4 Å². The molecule has 0 aliphatic heterocycles. The van der Waals surface area contributed by atoms with E-state index in [2.05, 4.69) is 20.9 Å². The summed E-state index contributed by atoms with van der Waals surface area (Å²) in [4.78, 5) is 11.1. The number of amides is 2. The van der Waals surface area contributed by atoms with E-state index >= 15 is 0 Å². The van der Waals surface area contributed by atoms with Crippen LogP contribution in [0.1, 0.15) is 5.69 Å². The molecule has 2 N–H and O–H groups in total. The predicted octanol–water partition coefficient (Wildman–Crippen LogP) is 1.36. The monoisotopic (exact) mass is 295 g/mol. The lowest BCUT2D eigenvalue weighted by molar-refractivity contribution is 0.242. The maximum absolute atomic E-state index is 11.1. The lowest BCUT2D eigenvalue weighted by atomic mass is 10.3. The van der Waals surface area contributed by atoms with Gasteiger partial charge in [-0.15, -0.1) is 5.10 Å². The van der Waals surface area contributed by atoms with E-state index in [0.29, 0.717) is 22.2 Å². The minimum atomic E-state index is -0.279. The van der Waals surface area contributed by atoms with Crippen molar-refractivity contribution < 1.29 is 9.53 Å². The third kappa shape index (κ3) is 3.18. The van der Waals surface area contributed by atoms with Crippen molar-refractivity contribution in [1.82, 2.24) is 25.6 Å². The second-order valence-electron chi connectivity index (χ2n) is 3.90. The Bertz CT molecular complexity index is 614. The Morgan fingerprint density at radius 3 is 3.00 bits per heavy atom. The molecule has 0 radical (unpaired) electrons. The van der Waals surface area contributed by atoms with E-state index in [1.807, 2.05) is 0 Å². The average molecular weight is 296 g/mol. The molecular weight excluding hydrogens is 282 g/mol. The van der Waals surface area contributed by atoms with Crippen LogP contribution in [0.25, 0.3) is 5.69 Å². The number of halogens is 1. The Morgan fingerprint density at radius 2 is 2.30 bits per heavy atom. The molecule has 0 saturated carbocycles. The number of methoxy groups -OCH3 is 1. The van der Waals surface area contributed by atoms with Gasteiger partial charge in [-0.2, -0.15) is 0 Å². The summed E-state index contributed by atoms with van der Waals surface area (Å²) in [7, 11) is 3.12. The number of urea groups is 1. The van der Waals surface area contributed by atoms with Crippen LogP contribution in [0.3, 0.4) is 0 Å². The summed E-state index contributed by atoms with van der Waals surface area (Å²) in [5.41, 5.74) is 1.28. The topological polar surface area (TPSA) is 81.1 Å². The minimum absolute atomic E-state index is 0.279. The van der Waals surface area contributed by atoms with Gasteiger partial charge in [-0.05, 0) is 12.1 Å². The van der Waals surface area contributed by atoms with Gasteiger partial charge in [0.05, 0.1) is 30.6 Å². The molecule has 2 rings (SSSR count). The molecule has 2 aromatic rings. The molecule has 0 saturated heterocycles. The molecule has 2 amide bonds. The summed E-state index contributed by atoms with van der Waals surface area (Å²) < 4.78 is 6.68. The van der Waals surface area contributed by atoms with E-state index in [1.165, 1.54) is 4.68 Å². The van der Waals surface area contributed by atoms with Crippen LogP contribution in [0, 0.1) is 0 Å². The molecule has 20 heavy (non-hydrogen) atoms. The predicted molar refractivity (Wildman–Crippen MR) is 74.2 cm³/mol. The summed E-state index contributed by atoms with van der Waals surface area (Å²) in [5, 5.41) is 13.6. The van der Waals surface area contributed by atoms with Gasteiger partial charge in [0, 0.05) is 13.1 Å². The van der Waals surface area contributed by atoms with Gasteiger partial charge >= 0.3 is 6.03 Å². The highest BCUT2D eigenvalue weighted by atomic mass is 35.5. The van der Waals surface area contributed by atoms with E-state index in [-0.39, 0.29) is 12.6 Å². The first-order chi connectivity index (χ1) is 9.63. The third-order valence-corrected chi connectivity index (χ3v) is 2.92. The van der Waals surface area contributed by atoms with Crippen molar-refractivity contribution in [3.63, 3.8) is 0 Å². The van der Waals surface area contributed by atoms with Crippen molar-refractivity contribution in [1.29, 1.82) is 0 Å². The van der Waals surface area contributed by atoms with Gasteiger partial charge in [0.2, 0.25) is 0 Å². The highest BCUT2D eigenvalue weighted by molar-refractivity contribution is 6.32. The van der Waals surface area contributed by atoms with Crippen LogP contribution >= 0.6 is 11.6 Å². The first-order valence-corrected chi connectivity index (χ1v) is 6.22. The number of carbonyl (C=O) groups excluding carboxylic acids is 1. The van der Waals surface area contributed by atoms with Gasteiger partial charge in [-0.1, -0.05) is 16.8 Å². The van der Waals surface area contributed by atoms with Gasteiger partial charge in [0.1, 0.15) is 11.4 Å². The van der Waals surface area contributed by atoms with Gasteiger partial charge in [-0.3, -0.25) is 0 Å². The van der Waals surface area contributed by atoms with Crippen molar-refractivity contribution in [3.05, 3.63) is 35.1 Å². The lowest BCUT2D eigenvalue weighted by Gasteiger charge is -2.06. The third-order valence-electron chi connectivity index (χ3n) is 2.60. The number of carbonyl (C=O) groups is 1. The van der Waals surface area contributed by atoms with Crippen LogP contribution in [-0.2, 0) is 6.54 Å². The smallest absolute Gasteiger partial charge is 0.314 e. The second kappa shape index (κ2) is 6.25. The molecule has 7 nitrogen and oxygen atoms in total. The van der Waals surface area contributed by atoms with Crippen molar-refractivity contribution in [2.24, 2.45) is 0 Å². The molecule has 0 unspecified atom stereocenters. The van der Waals surface area contributed by atoms with E-state index in [1.54, 1.807) is 38.6 Å². The van der Waals surface area contributed by atoms with Crippen molar-refractivity contribution in [2.45, 2.75) is 6.54 Å². The van der Waals surface area contributed by atoms with Crippen LogP contribution in [0.2, 0.25) is 5.02 Å². The normalized spacial score (nSPS) is 10.2. The zero-order valence-electron chi connectivity index (χ0n) is 11.1. The number of nitrogens with one attached hydrogen (secondary N) is 2. The first-order valence-electron chi connectivity index (χ1n) is 5.84. The van der Waals surface area contributed by atoms with Crippen LogP contribution in [0.4, 0.5) is 4.79 Å². The van der Waals surface area contributed by atoms with Crippen LogP contribution in [0.5, 0.6) is 5.75 Å². The SMILES string of the molecule is CNC(=O)NCc1cn(-c2cc(OC)ccc2Cl)nn1. The molecule has 1 aromatic carbocycles. The summed E-state index contributed by atoms with van der Waals surface area (Å²) >= 11 is 6.12. The van der Waals surface area contributed by atoms with E-state index in [0.717, 1.165) is 0 Å². The van der Waals surface area contributed by atoms with Gasteiger partial charge in [0.25, 0.3) is 0 Å². The van der Waals surface area contributed by atoms with Crippen molar-refractivity contribution >= 4 is 17.6 Å². The molecular formula is C12H14ClN5O2. The second-order valence-corrected chi connectivity index (χ2v) is 4.31. The maximum Gasteiger partial charge on any atom is 0.314 e. The minimum Gasteiger partial charge on any atom is -0.497 e. The number of benzene rings is 1. The fraction of sp³-hybridized carbons (Fsp3) is 0.250. The van der Waals surface area contributed by atoms with Crippen LogP contribution < -0.4 is 15.4 Å². The number of rotatable bonds is 4. The molecule has 0 atom stereocenters. The summed E-state index contributed by atoms with van der Waals surface area (Å²) in [5.74, 6) is 0.671. The zero-order valence-corrected chi connectivity index (χ0v) is 11.8. The number of hydrogen-bond acceptors (Lipinski definition) is 4. The summed E-state index contributed by atoms with van der Waals surface area (Å²) in [6, 6.07) is 4.96. The van der Waals surface area contributed by atoms with Gasteiger partial charge in [-0.25, -0.2) is 9.48 Å². The van der Waals surface area contributed by atoms with Crippen LogP contribution in [0.15, 0.2) is 24.4 Å². The molecule has 0 aliphatic carbocycles. The number of nitrogens with zero attached hydrogens (tertiary/aromatic N) is 3. The Kier molecular flexibility index (Phi) is 4.41. The molecule has 0 spiro atoms. The number of aromatic nitrogens is 3. The summed E-state index contributed by atoms with van der Waals surface area (Å²) in [6.45, 7) is 0.279. The Morgan fingerprint density at radius 1 is 1.50 bits per heavy atom. The van der Waals surface area contributed by atoms with Gasteiger partial charge in [0.15, 0.2) is 0 Å². The molecule has 1 heterocycles. The fourth-order valence-corrected chi connectivity index (χ4v) is 1.76. The largest absolute Gasteiger partial charge is 0.497 e. The summed E-state index contributed by atoms with van der Waals surface area (Å²) in [6.07, 6.45) is 1.69. The Hall–Kier alpha value is -2.28.